The van der Waals surface area contributed by atoms with E-state index in [1.165, 1.54) is 23.3 Å². The van der Waals surface area contributed by atoms with Crippen molar-refractivity contribution in [1.82, 2.24) is 15.0 Å². The van der Waals surface area contributed by atoms with Crippen LogP contribution in [0, 0.1) is 13.8 Å². The van der Waals surface area contributed by atoms with Gasteiger partial charge in [-0.05, 0) is 36.3 Å². The molecule has 2 aromatic rings. The van der Waals surface area contributed by atoms with Crippen LogP contribution >= 0.6 is 23.5 Å². The average molecular weight is 305 g/mol. The number of rotatable bonds is 2. The van der Waals surface area contributed by atoms with Crippen LogP contribution in [-0.4, -0.2) is 20.0 Å². The highest BCUT2D eigenvalue weighted by atomic mass is 32.2. The highest BCUT2D eigenvalue weighted by Crippen LogP contribution is 2.23. The van der Waals surface area contributed by atoms with E-state index in [4.69, 9.17) is 4.74 Å². The van der Waals surface area contributed by atoms with E-state index in [-0.39, 0.29) is 0 Å². The van der Waals surface area contributed by atoms with Crippen LogP contribution < -0.4 is 4.74 Å². The largest absolute Gasteiger partial charge is 0.424 e. The Morgan fingerprint density at radius 3 is 2.30 bits per heavy atom. The molecule has 0 N–H and O–H groups in total. The Balaban J connectivity index is 0.000000247. The number of benzene rings is 1. The number of aromatic nitrogens is 3. The van der Waals surface area contributed by atoms with Gasteiger partial charge in [-0.2, -0.15) is 9.97 Å². The van der Waals surface area contributed by atoms with E-state index < -0.39 is 0 Å². The van der Waals surface area contributed by atoms with Crippen molar-refractivity contribution in [3.05, 3.63) is 52.8 Å². The summed E-state index contributed by atoms with van der Waals surface area (Å²) in [5.74, 6) is 0.770. The number of hydrogen-bond acceptors (Lipinski definition) is 6. The fourth-order valence-electron chi connectivity index (χ4n) is 1.49. The summed E-state index contributed by atoms with van der Waals surface area (Å²) in [5.41, 5.74) is 2.27. The summed E-state index contributed by atoms with van der Waals surface area (Å²) in [5, 5.41) is 5.45. The van der Waals surface area contributed by atoms with Gasteiger partial charge in [0.05, 0.1) is 0 Å². The maximum Gasteiger partial charge on any atom is 0.324 e. The van der Waals surface area contributed by atoms with Crippen LogP contribution in [0.25, 0.3) is 0 Å². The van der Waals surface area contributed by atoms with Crippen molar-refractivity contribution in [3.63, 3.8) is 0 Å². The van der Waals surface area contributed by atoms with Crippen LogP contribution in [0.1, 0.15) is 11.1 Å². The summed E-state index contributed by atoms with van der Waals surface area (Å²) in [6.45, 7) is 4.03. The SMILES string of the molecule is C1=CSCS1.Cc1ccc(Oc2ncncn2)c(C)c1. The van der Waals surface area contributed by atoms with Crippen molar-refractivity contribution in [2.24, 2.45) is 0 Å². The Hall–Kier alpha value is -1.53. The van der Waals surface area contributed by atoms with Gasteiger partial charge in [0.25, 0.3) is 0 Å². The topological polar surface area (TPSA) is 47.9 Å². The molecular formula is C14H15N3OS2. The van der Waals surface area contributed by atoms with Gasteiger partial charge in [-0.25, -0.2) is 4.98 Å². The molecule has 4 nitrogen and oxygen atoms in total. The van der Waals surface area contributed by atoms with Crippen LogP contribution in [0.3, 0.4) is 0 Å². The Morgan fingerprint density at radius 2 is 1.75 bits per heavy atom. The van der Waals surface area contributed by atoms with Gasteiger partial charge in [-0.1, -0.05) is 17.7 Å². The zero-order chi connectivity index (χ0) is 14.2. The second kappa shape index (κ2) is 7.91. The zero-order valence-electron chi connectivity index (χ0n) is 11.3. The molecule has 0 saturated carbocycles. The number of hydrogen-bond donors (Lipinski definition) is 0. The first-order valence-corrected chi connectivity index (χ1v) is 8.11. The summed E-state index contributed by atoms with van der Waals surface area (Å²) in [6.07, 6.45) is 2.82. The molecular weight excluding hydrogens is 290 g/mol. The molecule has 20 heavy (non-hydrogen) atoms. The molecule has 1 aliphatic heterocycles. The fraction of sp³-hybridized carbons (Fsp3) is 0.214. The smallest absolute Gasteiger partial charge is 0.324 e. The van der Waals surface area contributed by atoms with Crippen LogP contribution in [0.2, 0.25) is 0 Å². The predicted molar refractivity (Wildman–Crippen MR) is 85.0 cm³/mol. The number of thioether (sulfide) groups is 2. The normalized spacial score (nSPS) is 12.7. The Labute approximate surface area is 127 Å². The van der Waals surface area contributed by atoms with E-state index in [1.807, 2.05) is 49.5 Å². The van der Waals surface area contributed by atoms with Gasteiger partial charge in [0, 0.05) is 5.08 Å². The van der Waals surface area contributed by atoms with E-state index in [0.717, 1.165) is 11.3 Å². The summed E-state index contributed by atoms with van der Waals surface area (Å²) >= 11 is 3.71. The molecule has 1 aromatic carbocycles. The quantitative estimate of drug-likeness (QED) is 0.829. The molecule has 0 bridgehead atoms. The molecule has 2 heterocycles. The monoisotopic (exact) mass is 305 g/mol. The van der Waals surface area contributed by atoms with Crippen LogP contribution in [0.4, 0.5) is 0 Å². The lowest BCUT2D eigenvalue weighted by Gasteiger charge is -2.06. The molecule has 1 aromatic heterocycles. The second-order valence-corrected chi connectivity index (χ2v) is 6.17. The van der Waals surface area contributed by atoms with Gasteiger partial charge in [0.2, 0.25) is 0 Å². The molecule has 6 heteroatoms. The van der Waals surface area contributed by atoms with Gasteiger partial charge in [0.1, 0.15) is 18.4 Å². The fourth-order valence-corrected chi connectivity index (χ4v) is 3.06. The lowest BCUT2D eigenvalue weighted by Crippen LogP contribution is -1.93. The highest BCUT2D eigenvalue weighted by Gasteiger charge is 2.02. The molecule has 0 aliphatic carbocycles. The number of aryl methyl sites for hydroxylation is 2. The maximum absolute atomic E-state index is 5.50. The van der Waals surface area contributed by atoms with E-state index in [9.17, 15) is 0 Å². The van der Waals surface area contributed by atoms with Crippen molar-refractivity contribution >= 4 is 23.5 Å². The maximum atomic E-state index is 5.50. The number of nitrogens with zero attached hydrogens (tertiary/aromatic N) is 3. The third kappa shape index (κ3) is 4.86. The summed E-state index contributed by atoms with van der Waals surface area (Å²) in [6, 6.07) is 6.27. The van der Waals surface area contributed by atoms with Gasteiger partial charge < -0.3 is 4.74 Å². The van der Waals surface area contributed by atoms with Crippen LogP contribution in [0.5, 0.6) is 11.8 Å². The number of ether oxygens (including phenoxy) is 1. The summed E-state index contributed by atoms with van der Waals surface area (Å²) in [4.78, 5) is 11.5. The van der Waals surface area contributed by atoms with Crippen molar-refractivity contribution < 1.29 is 4.74 Å². The highest BCUT2D eigenvalue weighted by molar-refractivity contribution is 8.21. The average Bonchev–Trinajstić information content (AvgIpc) is 3.03. The van der Waals surface area contributed by atoms with Gasteiger partial charge in [-0.15, -0.1) is 23.5 Å². The second-order valence-electron chi connectivity index (χ2n) is 4.02. The summed E-state index contributed by atoms with van der Waals surface area (Å²) in [7, 11) is 0. The standard InChI is InChI=1S/C11H11N3O.C3H4S2/c1-8-3-4-10(9(2)5-8)15-11-13-6-12-7-14-11;1-2-5-3-4-1/h3-7H,1-2H3;1-2H,3H2. The molecule has 0 atom stereocenters. The van der Waals surface area contributed by atoms with E-state index in [0.29, 0.717) is 6.01 Å². The van der Waals surface area contributed by atoms with Crippen molar-refractivity contribution in [3.8, 4) is 11.8 Å². The molecule has 0 fully saturated rings. The minimum Gasteiger partial charge on any atom is -0.424 e. The molecule has 104 valence electrons. The van der Waals surface area contributed by atoms with Crippen molar-refractivity contribution in [2.75, 3.05) is 5.08 Å². The Bertz CT molecular complexity index is 570. The molecule has 1 aliphatic rings. The van der Waals surface area contributed by atoms with Gasteiger partial charge in [-0.3, -0.25) is 0 Å². The Kier molecular flexibility index (Phi) is 5.88. The third-order valence-corrected chi connectivity index (χ3v) is 4.30. The van der Waals surface area contributed by atoms with Crippen molar-refractivity contribution in [2.45, 2.75) is 13.8 Å². The van der Waals surface area contributed by atoms with Crippen LogP contribution in [0.15, 0.2) is 41.7 Å². The first-order valence-electron chi connectivity index (χ1n) is 6.01. The van der Waals surface area contributed by atoms with Gasteiger partial charge >= 0.3 is 6.01 Å². The van der Waals surface area contributed by atoms with E-state index in [1.54, 1.807) is 0 Å². The lowest BCUT2D eigenvalue weighted by atomic mass is 10.1. The predicted octanol–water partition coefficient (Wildman–Crippen LogP) is 4.18. The van der Waals surface area contributed by atoms with Gasteiger partial charge in [0.15, 0.2) is 0 Å². The third-order valence-electron chi connectivity index (χ3n) is 2.39. The first kappa shape index (κ1) is 14.9. The Morgan fingerprint density at radius 1 is 1.05 bits per heavy atom. The molecule has 0 unspecified atom stereocenters. The molecule has 0 radical (unpaired) electrons. The minimum atomic E-state index is 0.317. The van der Waals surface area contributed by atoms with Crippen LogP contribution in [-0.2, 0) is 0 Å². The molecule has 0 saturated heterocycles. The zero-order valence-corrected chi connectivity index (χ0v) is 12.9. The van der Waals surface area contributed by atoms with Crippen molar-refractivity contribution in [1.29, 1.82) is 0 Å². The molecule has 0 spiro atoms. The summed E-state index contributed by atoms with van der Waals surface area (Å²) < 4.78 is 5.50. The lowest BCUT2D eigenvalue weighted by molar-refractivity contribution is 0.436. The minimum absolute atomic E-state index is 0.317. The van der Waals surface area contributed by atoms with E-state index in [2.05, 4.69) is 31.8 Å². The molecule has 3 rings (SSSR count). The molecule has 0 amide bonds. The first-order chi connectivity index (χ1) is 9.75. The van der Waals surface area contributed by atoms with E-state index >= 15 is 0 Å².